The standard InChI is InChI=1S/C18H11Cl2F6N5S/c1-27-15-14(32(26)17(21)22)16(28-8-10-4-3-5-30(10)2)31(29-15)13-11(19)6-9(7-12(13)20)18(23,24)25/h3-7,28H,8H2,2H3. The molecular weight excluding hydrogens is 503 g/mol. The number of aryl methyl sites for hydroxylation is 1. The smallest absolute Gasteiger partial charge is 0.363 e. The summed E-state index contributed by atoms with van der Waals surface area (Å²) in [7, 11) is -1.59. The van der Waals surface area contributed by atoms with Crippen molar-refractivity contribution in [1.82, 2.24) is 14.3 Å². The number of nitrogens with one attached hydrogen (secondary N) is 1. The van der Waals surface area contributed by atoms with Crippen LogP contribution in [0.1, 0.15) is 11.3 Å². The Kier molecular flexibility index (Phi) is 6.83. The van der Waals surface area contributed by atoms with Crippen molar-refractivity contribution < 1.29 is 25.8 Å². The molecule has 0 radical (unpaired) electrons. The third-order valence-corrected chi connectivity index (χ3v) is 5.87. The Morgan fingerprint density at radius 1 is 1.25 bits per heavy atom. The molecule has 32 heavy (non-hydrogen) atoms. The molecule has 1 N–H and O–H groups in total. The first-order chi connectivity index (χ1) is 15.0. The number of halogens is 8. The van der Waals surface area contributed by atoms with Crippen LogP contribution >= 0.6 is 34.1 Å². The molecule has 3 rings (SSSR count). The number of alkyl halides is 3. The highest BCUT2D eigenvalue weighted by atomic mass is 35.5. The molecule has 2 heterocycles. The highest BCUT2D eigenvalue weighted by molar-refractivity contribution is 8.11. The zero-order chi connectivity index (χ0) is 23.8. The summed E-state index contributed by atoms with van der Waals surface area (Å²) in [5.74, 6) is -1.11. The minimum atomic E-state index is -4.76. The van der Waals surface area contributed by atoms with E-state index in [1.807, 2.05) is 0 Å². The number of nitrogens with zero attached hydrogens (tertiary/aromatic N) is 4. The Bertz CT molecular complexity index is 1230. The minimum absolute atomic E-state index is 0.0133. The summed E-state index contributed by atoms with van der Waals surface area (Å²) in [5, 5.41) is 2.88. The lowest BCUT2D eigenvalue weighted by Gasteiger charge is -2.14. The fourth-order valence-electron chi connectivity index (χ4n) is 2.81. The second-order valence-corrected chi connectivity index (χ2v) is 8.30. The summed E-state index contributed by atoms with van der Waals surface area (Å²) < 4.78 is 82.4. The molecule has 0 fully saturated rings. The average molecular weight is 514 g/mol. The Morgan fingerprint density at radius 3 is 2.34 bits per heavy atom. The van der Waals surface area contributed by atoms with Crippen LogP contribution in [0.5, 0.6) is 0 Å². The molecule has 14 heteroatoms. The molecule has 0 spiro atoms. The van der Waals surface area contributed by atoms with Gasteiger partial charge in [0.2, 0.25) is 0 Å². The molecule has 1 atom stereocenters. The van der Waals surface area contributed by atoms with Crippen molar-refractivity contribution in [2.45, 2.75) is 17.6 Å². The number of aromatic nitrogens is 3. The number of anilines is 1. The van der Waals surface area contributed by atoms with Crippen LogP contribution in [0, 0.1) is 6.57 Å². The van der Waals surface area contributed by atoms with Crippen LogP contribution < -0.4 is 5.32 Å². The number of benzene rings is 1. The Labute approximate surface area is 190 Å². The summed E-state index contributed by atoms with van der Waals surface area (Å²) in [6.07, 6.45) is -3.05. The average Bonchev–Trinajstić information content (AvgIpc) is 3.27. The van der Waals surface area contributed by atoms with Gasteiger partial charge in [0.1, 0.15) is 10.6 Å². The maximum absolute atomic E-state index is 14.4. The van der Waals surface area contributed by atoms with Crippen molar-refractivity contribution in [3.63, 3.8) is 0 Å². The van der Waals surface area contributed by atoms with E-state index in [9.17, 15) is 25.8 Å². The van der Waals surface area contributed by atoms with Gasteiger partial charge in [-0.25, -0.2) is 0 Å². The molecule has 0 aliphatic heterocycles. The lowest BCUT2D eigenvalue weighted by Crippen LogP contribution is -2.11. The van der Waals surface area contributed by atoms with E-state index in [1.165, 1.54) is 0 Å². The van der Waals surface area contributed by atoms with E-state index in [-0.39, 0.29) is 18.1 Å². The van der Waals surface area contributed by atoms with Crippen LogP contribution in [0.25, 0.3) is 10.5 Å². The second kappa shape index (κ2) is 9.09. The normalized spacial score (nSPS) is 12.5. The highest BCUT2D eigenvalue weighted by Crippen LogP contribution is 2.46. The van der Waals surface area contributed by atoms with Gasteiger partial charge in [-0.3, -0.25) is 0 Å². The molecule has 0 bridgehead atoms. The molecule has 0 saturated carbocycles. The minimum Gasteiger partial charge on any atom is -0.363 e. The molecule has 0 amide bonds. The van der Waals surface area contributed by atoms with Gasteiger partial charge < -0.3 is 14.7 Å². The van der Waals surface area contributed by atoms with E-state index >= 15 is 0 Å². The number of rotatable bonds is 5. The molecule has 1 aromatic carbocycles. The van der Waals surface area contributed by atoms with Crippen LogP contribution in [0.4, 0.5) is 37.5 Å². The Morgan fingerprint density at radius 2 is 1.88 bits per heavy atom. The molecule has 5 nitrogen and oxygen atoms in total. The lowest BCUT2D eigenvalue weighted by molar-refractivity contribution is -0.137. The fourth-order valence-corrected chi connectivity index (χ4v) is 4.19. The molecule has 0 aliphatic carbocycles. The van der Waals surface area contributed by atoms with Crippen LogP contribution in [0.3, 0.4) is 0 Å². The molecule has 170 valence electrons. The van der Waals surface area contributed by atoms with Crippen molar-refractivity contribution in [1.29, 1.82) is 0 Å². The van der Waals surface area contributed by atoms with Gasteiger partial charge in [0.05, 0.1) is 33.0 Å². The van der Waals surface area contributed by atoms with Crippen molar-refractivity contribution in [2.75, 3.05) is 5.32 Å². The maximum Gasteiger partial charge on any atom is 0.416 e. The van der Waals surface area contributed by atoms with Gasteiger partial charge in [0.25, 0.3) is 0 Å². The summed E-state index contributed by atoms with van der Waals surface area (Å²) in [5.41, 5.74) is -0.829. The van der Waals surface area contributed by atoms with E-state index < -0.39 is 48.7 Å². The maximum atomic E-state index is 14.4. The third kappa shape index (κ3) is 4.60. The molecule has 0 aliphatic rings. The van der Waals surface area contributed by atoms with Crippen LogP contribution in [-0.2, 0) is 19.8 Å². The number of hydrogen-bond donors (Lipinski definition) is 1. The SMILES string of the molecule is [C-]#[N+]c1nn(-c2c(Cl)cc(C(F)(F)F)cc2Cl)c(NCc2cccn2C)c1S(F)=C(F)F. The molecular formula is C18H11Cl2F6N5S. The van der Waals surface area contributed by atoms with Gasteiger partial charge in [-0.1, -0.05) is 29.8 Å². The lowest BCUT2D eigenvalue weighted by atomic mass is 10.2. The van der Waals surface area contributed by atoms with E-state index in [4.69, 9.17) is 29.8 Å². The number of hydrogen-bond acceptors (Lipinski definition) is 2. The quantitative estimate of drug-likeness (QED) is 0.169. The molecule has 1 unspecified atom stereocenters. The van der Waals surface area contributed by atoms with Crippen LogP contribution in [0.15, 0.2) is 35.4 Å². The van der Waals surface area contributed by atoms with E-state index in [1.54, 1.807) is 29.9 Å². The van der Waals surface area contributed by atoms with E-state index in [0.29, 0.717) is 17.8 Å². The molecule has 3 aromatic rings. The first-order valence-electron chi connectivity index (χ1n) is 8.45. The van der Waals surface area contributed by atoms with Crippen molar-refractivity contribution in [2.24, 2.45) is 7.05 Å². The predicted molar refractivity (Wildman–Crippen MR) is 112 cm³/mol. The predicted octanol–water partition coefficient (Wildman–Crippen LogP) is 7.24. The van der Waals surface area contributed by atoms with Gasteiger partial charge in [0, 0.05) is 18.9 Å². The summed E-state index contributed by atoms with van der Waals surface area (Å²) >= 11 is 12.0. The van der Waals surface area contributed by atoms with Gasteiger partial charge in [0.15, 0.2) is 5.82 Å². The second-order valence-electron chi connectivity index (χ2n) is 6.26. The zero-order valence-electron chi connectivity index (χ0n) is 15.8. The molecule has 2 aromatic heterocycles. The largest absolute Gasteiger partial charge is 0.416 e. The highest BCUT2D eigenvalue weighted by Gasteiger charge is 2.34. The topological polar surface area (TPSA) is 39.1 Å². The Hall–Kier alpha value is -2.62. The fraction of sp³-hybridized carbons (Fsp3) is 0.167. The monoisotopic (exact) mass is 513 g/mol. The first-order valence-corrected chi connectivity index (χ1v) is 10.3. The van der Waals surface area contributed by atoms with Crippen LogP contribution in [0.2, 0.25) is 10.0 Å². The van der Waals surface area contributed by atoms with Gasteiger partial charge in [-0.2, -0.15) is 25.8 Å². The van der Waals surface area contributed by atoms with E-state index in [0.717, 1.165) is 4.68 Å². The van der Waals surface area contributed by atoms with E-state index in [2.05, 4.69) is 15.3 Å². The summed E-state index contributed by atoms with van der Waals surface area (Å²) in [6, 6.07) is 4.54. The summed E-state index contributed by atoms with van der Waals surface area (Å²) in [6.45, 7) is 7.19. The first kappa shape index (κ1) is 24.0. The molecule has 0 saturated heterocycles. The zero-order valence-corrected chi connectivity index (χ0v) is 18.1. The van der Waals surface area contributed by atoms with Crippen molar-refractivity contribution >= 4 is 51.1 Å². The van der Waals surface area contributed by atoms with Crippen molar-refractivity contribution in [3.05, 3.63) is 63.2 Å². The van der Waals surface area contributed by atoms with Gasteiger partial charge >= 0.3 is 17.4 Å². The third-order valence-electron chi connectivity index (χ3n) is 4.29. The van der Waals surface area contributed by atoms with Crippen LogP contribution in [-0.4, -0.2) is 19.7 Å². The van der Waals surface area contributed by atoms with Gasteiger partial charge in [-0.15, -0.1) is 4.68 Å². The Balaban J connectivity index is 2.25. The van der Waals surface area contributed by atoms with Crippen molar-refractivity contribution in [3.8, 4) is 5.69 Å². The summed E-state index contributed by atoms with van der Waals surface area (Å²) in [4.78, 5) is 2.22. The van der Waals surface area contributed by atoms with Gasteiger partial charge in [-0.05, 0) is 29.4 Å².